The van der Waals surface area contributed by atoms with Gasteiger partial charge in [0.1, 0.15) is 6.61 Å². The van der Waals surface area contributed by atoms with Gasteiger partial charge >= 0.3 is 19.8 Å². The average molecular weight is 600 g/mol. The molecule has 0 heterocycles. The summed E-state index contributed by atoms with van der Waals surface area (Å²) >= 11 is 0. The van der Waals surface area contributed by atoms with Crippen molar-refractivity contribution in [3.05, 3.63) is 48.6 Å². The van der Waals surface area contributed by atoms with Crippen LogP contribution in [0.3, 0.4) is 0 Å². The van der Waals surface area contributed by atoms with Crippen LogP contribution in [0.25, 0.3) is 0 Å². The molecule has 2 unspecified atom stereocenters. The smallest absolute Gasteiger partial charge is 0.462 e. The van der Waals surface area contributed by atoms with Crippen LogP contribution in [0.4, 0.5) is 0 Å². The second kappa shape index (κ2) is 28.1. The number of carbonyl (C=O) groups excluding carboxylic acids is 2. The van der Waals surface area contributed by atoms with E-state index >= 15 is 0 Å². The van der Waals surface area contributed by atoms with Crippen LogP contribution in [0.15, 0.2) is 48.6 Å². The first-order valence-corrected chi connectivity index (χ1v) is 16.7. The van der Waals surface area contributed by atoms with Crippen molar-refractivity contribution in [1.82, 2.24) is 0 Å². The summed E-state index contributed by atoms with van der Waals surface area (Å²) in [5.41, 5.74) is 5.29. The molecule has 0 bridgehead atoms. The van der Waals surface area contributed by atoms with Gasteiger partial charge in [-0.05, 0) is 32.1 Å². The lowest BCUT2D eigenvalue weighted by atomic mass is 10.1. The van der Waals surface area contributed by atoms with Crippen molar-refractivity contribution in [3.8, 4) is 0 Å². The fourth-order valence-corrected chi connectivity index (χ4v) is 4.35. The van der Waals surface area contributed by atoms with Crippen LogP contribution in [0.1, 0.15) is 104 Å². The maximum absolute atomic E-state index is 12.4. The molecule has 0 spiro atoms. The topological polar surface area (TPSA) is 134 Å². The fourth-order valence-electron chi connectivity index (χ4n) is 3.58. The molecular weight excluding hydrogens is 545 g/mol. The van der Waals surface area contributed by atoms with Crippen molar-refractivity contribution >= 4 is 19.8 Å². The molecule has 236 valence electrons. The molecule has 0 fully saturated rings. The molecule has 0 saturated carbocycles. The molecular formula is C31H54NO8P. The zero-order valence-electron chi connectivity index (χ0n) is 25.3. The van der Waals surface area contributed by atoms with Gasteiger partial charge in [-0.3, -0.25) is 18.6 Å². The summed E-state index contributed by atoms with van der Waals surface area (Å²) in [6.45, 7) is 3.44. The number of allylic oxidation sites excluding steroid dienone is 8. The second-order valence-corrected chi connectivity index (χ2v) is 11.1. The number of phosphoric ester groups is 1. The van der Waals surface area contributed by atoms with E-state index in [2.05, 4.69) is 26.0 Å². The first-order chi connectivity index (χ1) is 19.8. The van der Waals surface area contributed by atoms with E-state index in [-0.39, 0.29) is 32.6 Å². The van der Waals surface area contributed by atoms with Gasteiger partial charge < -0.3 is 20.1 Å². The van der Waals surface area contributed by atoms with Crippen molar-refractivity contribution in [2.24, 2.45) is 5.73 Å². The van der Waals surface area contributed by atoms with E-state index in [9.17, 15) is 19.0 Å². The molecule has 9 nitrogen and oxygen atoms in total. The van der Waals surface area contributed by atoms with Gasteiger partial charge in [-0.25, -0.2) is 4.57 Å². The summed E-state index contributed by atoms with van der Waals surface area (Å²) in [4.78, 5) is 34.3. The van der Waals surface area contributed by atoms with Gasteiger partial charge in [0, 0.05) is 19.4 Å². The number of rotatable bonds is 27. The molecule has 41 heavy (non-hydrogen) atoms. The van der Waals surface area contributed by atoms with Crippen molar-refractivity contribution in [2.75, 3.05) is 26.4 Å². The Hall–Kier alpha value is -2.03. The lowest BCUT2D eigenvalue weighted by molar-refractivity contribution is -0.161. The average Bonchev–Trinajstić information content (AvgIpc) is 2.95. The normalized spacial score (nSPS) is 14.3. The van der Waals surface area contributed by atoms with E-state index in [1.165, 1.54) is 19.3 Å². The van der Waals surface area contributed by atoms with Crippen molar-refractivity contribution in [2.45, 2.75) is 110 Å². The van der Waals surface area contributed by atoms with Crippen LogP contribution in [-0.4, -0.2) is 49.3 Å². The van der Waals surface area contributed by atoms with Gasteiger partial charge in [0.2, 0.25) is 0 Å². The van der Waals surface area contributed by atoms with Crippen LogP contribution >= 0.6 is 7.82 Å². The summed E-state index contributed by atoms with van der Waals surface area (Å²) in [6.07, 6.45) is 27.4. The first-order valence-electron chi connectivity index (χ1n) is 15.2. The highest BCUT2D eigenvalue weighted by Crippen LogP contribution is 2.43. The van der Waals surface area contributed by atoms with Crippen LogP contribution < -0.4 is 5.73 Å². The molecule has 0 rings (SSSR count). The van der Waals surface area contributed by atoms with Crippen LogP contribution in [0, 0.1) is 0 Å². The Morgan fingerprint density at radius 3 is 2.00 bits per heavy atom. The van der Waals surface area contributed by atoms with Crippen LogP contribution in [-0.2, 0) is 32.7 Å². The van der Waals surface area contributed by atoms with Crippen molar-refractivity contribution in [3.63, 3.8) is 0 Å². The predicted molar refractivity (Wildman–Crippen MR) is 164 cm³/mol. The molecule has 0 aliphatic carbocycles. The second-order valence-electron chi connectivity index (χ2n) is 9.69. The molecule has 0 amide bonds. The van der Waals surface area contributed by atoms with Crippen LogP contribution in [0.2, 0.25) is 0 Å². The minimum atomic E-state index is -4.37. The highest BCUT2D eigenvalue weighted by molar-refractivity contribution is 7.47. The maximum Gasteiger partial charge on any atom is 0.472 e. The SMILES string of the molecule is CC/C=C/C=C/C=C/C=C/CCCCCC(=O)OC(COC(=O)CCCCCCCCC)COP(=O)(O)OCCN. The summed E-state index contributed by atoms with van der Waals surface area (Å²) in [6, 6.07) is 0. The van der Waals surface area contributed by atoms with E-state index in [1.54, 1.807) is 0 Å². The highest BCUT2D eigenvalue weighted by atomic mass is 31.2. The molecule has 0 radical (unpaired) electrons. The standard InChI is InChI=1S/C31H54NO8P/c1-3-5-7-9-11-12-13-14-15-16-18-20-22-24-31(34)40-29(28-39-41(35,36)38-26-25-32)27-37-30(33)23-21-19-17-10-8-6-4-2/h5,7,9,11-15,29H,3-4,6,8,10,16-28,32H2,1-2H3,(H,35,36)/b7-5+,11-9+,13-12+,15-14+. The summed E-state index contributed by atoms with van der Waals surface area (Å²) in [5, 5.41) is 0. The summed E-state index contributed by atoms with van der Waals surface area (Å²) < 4.78 is 32.3. The number of hydrogen-bond donors (Lipinski definition) is 2. The molecule has 2 atom stereocenters. The number of carbonyl (C=O) groups is 2. The number of unbranched alkanes of at least 4 members (excludes halogenated alkanes) is 9. The van der Waals surface area contributed by atoms with Gasteiger partial charge in [0.05, 0.1) is 13.2 Å². The van der Waals surface area contributed by atoms with E-state index in [0.29, 0.717) is 6.42 Å². The zero-order chi connectivity index (χ0) is 30.4. The predicted octanol–water partition coefficient (Wildman–Crippen LogP) is 7.26. The van der Waals surface area contributed by atoms with Gasteiger partial charge in [-0.2, -0.15) is 0 Å². The third-order valence-corrected chi connectivity index (χ3v) is 6.81. The van der Waals surface area contributed by atoms with E-state index in [4.69, 9.17) is 24.3 Å². The molecule has 3 N–H and O–H groups in total. The zero-order valence-corrected chi connectivity index (χ0v) is 26.1. The van der Waals surface area contributed by atoms with Gasteiger partial charge in [-0.15, -0.1) is 0 Å². The third-order valence-electron chi connectivity index (χ3n) is 5.82. The lowest BCUT2D eigenvalue weighted by Crippen LogP contribution is -2.29. The summed E-state index contributed by atoms with van der Waals surface area (Å²) in [7, 11) is -4.37. The minimum absolute atomic E-state index is 0.0450. The molecule has 0 aliphatic heterocycles. The fraction of sp³-hybridized carbons (Fsp3) is 0.677. The van der Waals surface area contributed by atoms with Crippen molar-refractivity contribution < 1.29 is 37.6 Å². The Bertz CT molecular complexity index is 825. The molecule has 10 heteroatoms. The number of ether oxygens (including phenoxy) is 2. The Morgan fingerprint density at radius 2 is 1.34 bits per heavy atom. The quantitative estimate of drug-likeness (QED) is 0.0433. The maximum atomic E-state index is 12.4. The Kier molecular flexibility index (Phi) is 26.7. The molecule has 0 aliphatic rings. The Labute approximate surface area is 247 Å². The van der Waals surface area contributed by atoms with E-state index < -0.39 is 32.5 Å². The number of phosphoric acid groups is 1. The number of nitrogens with two attached hydrogens (primary N) is 1. The monoisotopic (exact) mass is 599 g/mol. The largest absolute Gasteiger partial charge is 0.472 e. The van der Waals surface area contributed by atoms with Crippen LogP contribution in [0.5, 0.6) is 0 Å². The molecule has 0 aromatic rings. The number of esters is 2. The highest BCUT2D eigenvalue weighted by Gasteiger charge is 2.25. The first kappa shape index (κ1) is 39.0. The third kappa shape index (κ3) is 27.9. The Morgan fingerprint density at radius 1 is 0.756 bits per heavy atom. The molecule has 0 aromatic carbocycles. The Balaban J connectivity index is 4.44. The number of hydrogen-bond acceptors (Lipinski definition) is 8. The van der Waals surface area contributed by atoms with E-state index in [1.807, 2.05) is 36.5 Å². The van der Waals surface area contributed by atoms with Gasteiger partial charge in [-0.1, -0.05) is 107 Å². The lowest BCUT2D eigenvalue weighted by Gasteiger charge is -2.19. The minimum Gasteiger partial charge on any atom is -0.462 e. The van der Waals surface area contributed by atoms with E-state index in [0.717, 1.165) is 51.4 Å². The summed E-state index contributed by atoms with van der Waals surface area (Å²) in [5.74, 6) is -0.891. The molecule has 0 saturated heterocycles. The van der Waals surface area contributed by atoms with Gasteiger partial charge in [0.15, 0.2) is 6.10 Å². The van der Waals surface area contributed by atoms with Crippen molar-refractivity contribution in [1.29, 1.82) is 0 Å². The van der Waals surface area contributed by atoms with Gasteiger partial charge in [0.25, 0.3) is 0 Å². The molecule has 0 aromatic heterocycles.